The fraction of sp³-hybridized carbons (Fsp3) is 0.263. The lowest BCUT2D eigenvalue weighted by atomic mass is 10.1. The summed E-state index contributed by atoms with van der Waals surface area (Å²) in [6.45, 7) is 2.47. The lowest BCUT2D eigenvalue weighted by molar-refractivity contribution is 0.0602. The first kappa shape index (κ1) is 20.0. The number of methoxy groups -OCH3 is 1. The average molecular weight is 411 g/mol. The first-order chi connectivity index (χ1) is 13.4. The summed E-state index contributed by atoms with van der Waals surface area (Å²) in [4.78, 5) is 26.7. The average Bonchev–Trinajstić information content (AvgIpc) is 2.71. The van der Waals surface area contributed by atoms with Crippen LogP contribution in [0, 0.1) is 11.6 Å². The van der Waals surface area contributed by atoms with Gasteiger partial charge in [-0.25, -0.2) is 13.6 Å². The van der Waals surface area contributed by atoms with Crippen LogP contribution in [-0.4, -0.2) is 45.3 Å². The number of nitrogens with zero attached hydrogens (tertiary/aromatic N) is 1. The molecule has 0 radical (unpaired) electrons. The van der Waals surface area contributed by atoms with E-state index in [0.717, 1.165) is 5.69 Å². The van der Waals surface area contributed by atoms with Gasteiger partial charge in [-0.15, -0.1) is 0 Å². The van der Waals surface area contributed by atoms with Crippen molar-refractivity contribution < 1.29 is 27.8 Å². The maximum atomic E-state index is 13.5. The fourth-order valence-electron chi connectivity index (χ4n) is 2.82. The molecule has 0 saturated carbocycles. The molecule has 148 valence electrons. The molecule has 9 heteroatoms. The van der Waals surface area contributed by atoms with E-state index in [9.17, 15) is 18.4 Å². The maximum absolute atomic E-state index is 13.5. The van der Waals surface area contributed by atoms with Gasteiger partial charge in [0.2, 0.25) is 0 Å². The number of hydrogen-bond donors (Lipinski definition) is 1. The topological polar surface area (TPSA) is 67.9 Å². The number of esters is 1. The normalized spacial score (nSPS) is 13.9. The van der Waals surface area contributed by atoms with E-state index in [1.807, 2.05) is 4.90 Å². The number of halogens is 3. The van der Waals surface area contributed by atoms with Crippen molar-refractivity contribution >= 4 is 34.9 Å². The van der Waals surface area contributed by atoms with Crippen molar-refractivity contribution in [2.45, 2.75) is 0 Å². The number of carbonyl (C=O) groups excluding carboxylic acids is 2. The van der Waals surface area contributed by atoms with Crippen LogP contribution in [0.2, 0.25) is 5.02 Å². The number of amides is 1. The highest BCUT2D eigenvalue weighted by atomic mass is 35.5. The van der Waals surface area contributed by atoms with Crippen LogP contribution in [-0.2, 0) is 9.47 Å². The van der Waals surface area contributed by atoms with Crippen molar-refractivity contribution in [3.63, 3.8) is 0 Å². The molecule has 0 atom stereocenters. The monoisotopic (exact) mass is 410 g/mol. The van der Waals surface area contributed by atoms with Gasteiger partial charge >= 0.3 is 5.97 Å². The Morgan fingerprint density at radius 3 is 2.46 bits per heavy atom. The molecule has 3 rings (SSSR count). The molecule has 1 aliphatic heterocycles. The molecule has 1 saturated heterocycles. The SMILES string of the molecule is COC(=O)c1cc(N2CCOCC2)ccc1NC(=O)c1cc(F)c(F)cc1Cl. The van der Waals surface area contributed by atoms with Crippen molar-refractivity contribution in [2.24, 2.45) is 0 Å². The Morgan fingerprint density at radius 1 is 1.11 bits per heavy atom. The highest BCUT2D eigenvalue weighted by Crippen LogP contribution is 2.27. The van der Waals surface area contributed by atoms with Crippen LogP contribution < -0.4 is 10.2 Å². The largest absolute Gasteiger partial charge is 0.465 e. The summed E-state index contributed by atoms with van der Waals surface area (Å²) in [5.41, 5.74) is 0.800. The molecule has 2 aromatic rings. The van der Waals surface area contributed by atoms with Crippen LogP contribution in [0.3, 0.4) is 0 Å². The van der Waals surface area contributed by atoms with Crippen LogP contribution in [0.1, 0.15) is 20.7 Å². The van der Waals surface area contributed by atoms with E-state index in [1.165, 1.54) is 7.11 Å². The first-order valence-corrected chi connectivity index (χ1v) is 8.79. The highest BCUT2D eigenvalue weighted by Gasteiger charge is 2.21. The van der Waals surface area contributed by atoms with E-state index in [0.29, 0.717) is 38.4 Å². The zero-order valence-corrected chi connectivity index (χ0v) is 15.7. The number of benzene rings is 2. The van der Waals surface area contributed by atoms with Crippen LogP contribution in [0.4, 0.5) is 20.2 Å². The molecule has 1 N–H and O–H groups in total. The van der Waals surface area contributed by atoms with Gasteiger partial charge in [0.15, 0.2) is 11.6 Å². The predicted molar refractivity (Wildman–Crippen MR) is 100 cm³/mol. The van der Waals surface area contributed by atoms with Gasteiger partial charge in [-0.1, -0.05) is 11.6 Å². The number of morpholine rings is 1. The minimum atomic E-state index is -1.20. The number of hydrogen-bond acceptors (Lipinski definition) is 5. The van der Waals surface area contributed by atoms with Gasteiger partial charge in [0.1, 0.15) is 0 Å². The molecule has 1 aliphatic rings. The Labute approximate surface area is 165 Å². The molecule has 0 bridgehead atoms. The number of nitrogens with one attached hydrogen (secondary N) is 1. The van der Waals surface area contributed by atoms with Gasteiger partial charge in [0.25, 0.3) is 5.91 Å². The van der Waals surface area contributed by atoms with Gasteiger partial charge in [-0.3, -0.25) is 4.79 Å². The second kappa shape index (κ2) is 8.53. The quantitative estimate of drug-likeness (QED) is 0.617. The zero-order chi connectivity index (χ0) is 20.3. The van der Waals surface area contributed by atoms with Crippen LogP contribution >= 0.6 is 11.6 Å². The number of carbonyl (C=O) groups is 2. The first-order valence-electron chi connectivity index (χ1n) is 8.41. The Hall–Kier alpha value is -2.71. The van der Waals surface area contributed by atoms with Gasteiger partial charge in [0, 0.05) is 18.8 Å². The molecule has 0 aromatic heterocycles. The van der Waals surface area contributed by atoms with Crippen molar-refractivity contribution in [1.29, 1.82) is 0 Å². The molecular weight excluding hydrogens is 394 g/mol. The summed E-state index contributed by atoms with van der Waals surface area (Å²) >= 11 is 5.84. The van der Waals surface area contributed by atoms with E-state index in [2.05, 4.69) is 5.32 Å². The van der Waals surface area contributed by atoms with Crippen LogP contribution in [0.15, 0.2) is 30.3 Å². The summed E-state index contributed by atoms with van der Waals surface area (Å²) in [6.07, 6.45) is 0. The molecule has 1 heterocycles. The van der Waals surface area contributed by atoms with Gasteiger partial charge in [-0.05, 0) is 30.3 Å². The molecule has 0 spiro atoms. The molecular formula is C19H17ClF2N2O4. The second-order valence-electron chi connectivity index (χ2n) is 6.02. The minimum Gasteiger partial charge on any atom is -0.465 e. The smallest absolute Gasteiger partial charge is 0.340 e. The standard InChI is InChI=1S/C19H17ClF2N2O4/c1-27-19(26)13-8-11(24-4-6-28-7-5-24)2-3-17(13)23-18(25)12-9-15(21)16(22)10-14(12)20/h2-3,8-10H,4-7H2,1H3,(H,23,25). The molecule has 1 fully saturated rings. The summed E-state index contributed by atoms with van der Waals surface area (Å²) in [7, 11) is 1.22. The summed E-state index contributed by atoms with van der Waals surface area (Å²) in [5, 5.41) is 2.25. The lowest BCUT2D eigenvalue weighted by Gasteiger charge is -2.29. The van der Waals surface area contributed by atoms with E-state index in [-0.39, 0.29) is 21.8 Å². The fourth-order valence-corrected chi connectivity index (χ4v) is 3.06. The number of ether oxygens (including phenoxy) is 2. The van der Waals surface area contributed by atoms with Crippen molar-refractivity contribution in [3.8, 4) is 0 Å². The molecule has 1 amide bonds. The molecule has 6 nitrogen and oxygen atoms in total. The van der Waals surface area contributed by atoms with Crippen molar-refractivity contribution in [1.82, 2.24) is 0 Å². The second-order valence-corrected chi connectivity index (χ2v) is 6.43. The number of anilines is 2. The van der Waals surface area contributed by atoms with Crippen molar-refractivity contribution in [2.75, 3.05) is 43.6 Å². The van der Waals surface area contributed by atoms with Gasteiger partial charge in [-0.2, -0.15) is 0 Å². The Balaban J connectivity index is 1.91. The lowest BCUT2D eigenvalue weighted by Crippen LogP contribution is -2.36. The predicted octanol–water partition coefficient (Wildman–Crippen LogP) is 3.49. The van der Waals surface area contributed by atoms with Crippen LogP contribution in [0.5, 0.6) is 0 Å². The van der Waals surface area contributed by atoms with Gasteiger partial charge < -0.3 is 19.7 Å². The molecule has 0 aliphatic carbocycles. The minimum absolute atomic E-state index is 0.124. The van der Waals surface area contributed by atoms with Gasteiger partial charge in [0.05, 0.1) is 42.2 Å². The maximum Gasteiger partial charge on any atom is 0.340 e. The zero-order valence-electron chi connectivity index (χ0n) is 14.9. The van der Waals surface area contributed by atoms with E-state index < -0.39 is 23.5 Å². The summed E-state index contributed by atoms with van der Waals surface area (Å²) in [6, 6.07) is 6.30. The van der Waals surface area contributed by atoms with E-state index in [4.69, 9.17) is 21.1 Å². The van der Waals surface area contributed by atoms with Crippen LogP contribution in [0.25, 0.3) is 0 Å². The third kappa shape index (κ3) is 4.23. The third-order valence-electron chi connectivity index (χ3n) is 4.29. The summed E-state index contributed by atoms with van der Waals surface area (Å²) < 4.78 is 36.8. The molecule has 28 heavy (non-hydrogen) atoms. The third-order valence-corrected chi connectivity index (χ3v) is 4.60. The van der Waals surface area contributed by atoms with E-state index in [1.54, 1.807) is 18.2 Å². The Kier molecular flexibility index (Phi) is 6.11. The van der Waals surface area contributed by atoms with Crippen molar-refractivity contribution in [3.05, 3.63) is 58.1 Å². The molecule has 0 unspecified atom stereocenters. The van der Waals surface area contributed by atoms with E-state index >= 15 is 0 Å². The molecule has 2 aromatic carbocycles. The highest BCUT2D eigenvalue weighted by molar-refractivity contribution is 6.34. The summed E-state index contributed by atoms with van der Waals surface area (Å²) in [5.74, 6) is -3.80. The Bertz CT molecular complexity index is 917. The number of rotatable bonds is 4. The Morgan fingerprint density at radius 2 is 1.79 bits per heavy atom.